The van der Waals surface area contributed by atoms with E-state index in [1.165, 1.54) is 45.6 Å². The van der Waals surface area contributed by atoms with E-state index in [9.17, 15) is 13.6 Å². The van der Waals surface area contributed by atoms with Crippen LogP contribution in [0.4, 0.5) is 14.5 Å². The van der Waals surface area contributed by atoms with E-state index in [0.29, 0.717) is 23.5 Å². The third kappa shape index (κ3) is 4.91. The summed E-state index contributed by atoms with van der Waals surface area (Å²) in [6, 6.07) is 7.37. The van der Waals surface area contributed by atoms with Crippen LogP contribution < -0.4 is 24.3 Å². The lowest BCUT2D eigenvalue weighted by Crippen LogP contribution is -2.13. The molecular formula is C20H21F2NO5. The lowest BCUT2D eigenvalue weighted by Gasteiger charge is -2.15. The second kappa shape index (κ2) is 9.59. The van der Waals surface area contributed by atoms with Crippen molar-refractivity contribution in [2.24, 2.45) is 0 Å². The molecule has 0 fully saturated rings. The second-order valence-corrected chi connectivity index (χ2v) is 5.56. The number of nitrogens with one attached hydrogen (secondary N) is 1. The monoisotopic (exact) mass is 393 g/mol. The summed E-state index contributed by atoms with van der Waals surface area (Å²) in [5.74, 6) is 0.381. The van der Waals surface area contributed by atoms with Gasteiger partial charge in [0.25, 0.3) is 5.91 Å². The Hall–Kier alpha value is -3.29. The summed E-state index contributed by atoms with van der Waals surface area (Å²) >= 11 is 0. The molecule has 0 atom stereocenters. The molecule has 0 aliphatic carbocycles. The Bertz CT molecular complexity index is 855. The number of ether oxygens (including phenoxy) is 4. The maximum Gasteiger partial charge on any atom is 0.387 e. The standard InChI is InChI=1S/C20H21F2NO5/c1-5-6-12-9-13(10-17(26-3)18(12)27-4)19(24)23-14-7-8-15(25-2)16(11-14)28-20(21)22/h5,7-11,20H,1,6H2,2-4H3,(H,23,24). The van der Waals surface area contributed by atoms with Gasteiger partial charge in [0.1, 0.15) is 0 Å². The van der Waals surface area contributed by atoms with Crippen molar-refractivity contribution in [3.8, 4) is 23.0 Å². The molecule has 0 heterocycles. The smallest absolute Gasteiger partial charge is 0.387 e. The number of allylic oxidation sites excluding steroid dienone is 1. The third-order valence-electron chi connectivity index (χ3n) is 3.82. The Morgan fingerprint density at radius 3 is 2.36 bits per heavy atom. The summed E-state index contributed by atoms with van der Waals surface area (Å²) < 4.78 is 45.2. The van der Waals surface area contributed by atoms with Gasteiger partial charge in [0.15, 0.2) is 23.0 Å². The van der Waals surface area contributed by atoms with Crippen LogP contribution in [-0.4, -0.2) is 33.8 Å². The lowest BCUT2D eigenvalue weighted by atomic mass is 10.0. The van der Waals surface area contributed by atoms with Crippen LogP contribution in [0.1, 0.15) is 15.9 Å². The highest BCUT2D eigenvalue weighted by atomic mass is 19.3. The van der Waals surface area contributed by atoms with E-state index in [2.05, 4.69) is 16.6 Å². The first-order chi connectivity index (χ1) is 13.4. The van der Waals surface area contributed by atoms with Crippen molar-refractivity contribution in [1.29, 1.82) is 0 Å². The van der Waals surface area contributed by atoms with Crippen molar-refractivity contribution in [3.05, 3.63) is 54.1 Å². The molecule has 0 spiro atoms. The zero-order valence-corrected chi connectivity index (χ0v) is 15.8. The van der Waals surface area contributed by atoms with Gasteiger partial charge in [-0.05, 0) is 30.7 Å². The van der Waals surface area contributed by atoms with E-state index in [4.69, 9.17) is 14.2 Å². The van der Waals surface area contributed by atoms with Crippen LogP contribution in [0.5, 0.6) is 23.0 Å². The number of anilines is 1. The predicted octanol–water partition coefficient (Wildman–Crippen LogP) is 4.29. The molecule has 1 amide bonds. The molecule has 6 nitrogen and oxygen atoms in total. The van der Waals surface area contributed by atoms with Crippen LogP contribution >= 0.6 is 0 Å². The number of amides is 1. The number of rotatable bonds is 9. The molecule has 2 aromatic carbocycles. The van der Waals surface area contributed by atoms with Gasteiger partial charge in [-0.15, -0.1) is 6.58 Å². The van der Waals surface area contributed by atoms with Crippen LogP contribution in [0, 0.1) is 0 Å². The van der Waals surface area contributed by atoms with Crippen LogP contribution in [0.15, 0.2) is 43.0 Å². The molecule has 2 aromatic rings. The predicted molar refractivity (Wildman–Crippen MR) is 101 cm³/mol. The summed E-state index contributed by atoms with van der Waals surface area (Å²) in [5.41, 5.74) is 1.29. The normalized spacial score (nSPS) is 10.4. The molecule has 2 rings (SSSR count). The third-order valence-corrected chi connectivity index (χ3v) is 3.82. The van der Waals surface area contributed by atoms with E-state index in [0.717, 1.165) is 5.56 Å². The number of carbonyl (C=O) groups excluding carboxylic acids is 1. The van der Waals surface area contributed by atoms with Gasteiger partial charge >= 0.3 is 6.61 Å². The van der Waals surface area contributed by atoms with Crippen LogP contribution in [0.25, 0.3) is 0 Å². The fourth-order valence-corrected chi connectivity index (χ4v) is 2.63. The van der Waals surface area contributed by atoms with Crippen LogP contribution in [0.2, 0.25) is 0 Å². The highest BCUT2D eigenvalue weighted by molar-refractivity contribution is 6.05. The molecule has 0 unspecified atom stereocenters. The Balaban J connectivity index is 2.34. The van der Waals surface area contributed by atoms with Gasteiger partial charge in [-0.1, -0.05) is 6.08 Å². The molecule has 150 valence electrons. The van der Waals surface area contributed by atoms with Crippen LogP contribution in [0.3, 0.4) is 0 Å². The number of halogens is 2. The molecule has 0 aromatic heterocycles. The van der Waals surface area contributed by atoms with Gasteiger partial charge < -0.3 is 24.3 Å². The SMILES string of the molecule is C=CCc1cc(C(=O)Nc2ccc(OC)c(OC(F)F)c2)cc(OC)c1OC. The first-order valence-electron chi connectivity index (χ1n) is 8.23. The zero-order valence-electron chi connectivity index (χ0n) is 15.8. The summed E-state index contributed by atoms with van der Waals surface area (Å²) in [6.07, 6.45) is 2.14. The maximum absolute atomic E-state index is 12.7. The Kier molecular flexibility index (Phi) is 7.20. The number of alkyl halides is 2. The average molecular weight is 393 g/mol. The van der Waals surface area contributed by atoms with Crippen molar-refractivity contribution in [2.75, 3.05) is 26.6 Å². The quantitative estimate of drug-likeness (QED) is 0.644. The molecule has 1 N–H and O–H groups in total. The van der Waals surface area contributed by atoms with E-state index in [1.54, 1.807) is 12.1 Å². The minimum atomic E-state index is -3.02. The van der Waals surface area contributed by atoms with Gasteiger partial charge in [0.05, 0.1) is 21.3 Å². The van der Waals surface area contributed by atoms with Crippen molar-refractivity contribution >= 4 is 11.6 Å². The number of benzene rings is 2. The van der Waals surface area contributed by atoms with Gasteiger partial charge in [-0.25, -0.2) is 0 Å². The number of methoxy groups -OCH3 is 3. The fraction of sp³-hybridized carbons (Fsp3) is 0.250. The zero-order chi connectivity index (χ0) is 20.7. The minimum Gasteiger partial charge on any atom is -0.493 e. The fourth-order valence-electron chi connectivity index (χ4n) is 2.63. The maximum atomic E-state index is 12.7. The van der Waals surface area contributed by atoms with Gasteiger partial charge in [-0.2, -0.15) is 8.78 Å². The minimum absolute atomic E-state index is 0.123. The topological polar surface area (TPSA) is 66.0 Å². The summed E-state index contributed by atoms with van der Waals surface area (Å²) in [6.45, 7) is 0.674. The largest absolute Gasteiger partial charge is 0.493 e. The second-order valence-electron chi connectivity index (χ2n) is 5.56. The van der Waals surface area contributed by atoms with Gasteiger partial charge in [-0.3, -0.25) is 4.79 Å². The average Bonchev–Trinajstić information content (AvgIpc) is 2.67. The van der Waals surface area contributed by atoms with Gasteiger partial charge in [0, 0.05) is 22.9 Å². The molecule has 0 aliphatic rings. The van der Waals surface area contributed by atoms with E-state index in [1.807, 2.05) is 0 Å². The summed E-state index contributed by atoms with van der Waals surface area (Å²) in [4.78, 5) is 12.7. The molecule has 0 radical (unpaired) electrons. The number of carbonyl (C=O) groups is 1. The first kappa shape index (κ1) is 21.0. The number of hydrogen-bond acceptors (Lipinski definition) is 5. The van der Waals surface area contributed by atoms with Crippen molar-refractivity contribution in [2.45, 2.75) is 13.0 Å². The van der Waals surface area contributed by atoms with E-state index >= 15 is 0 Å². The lowest BCUT2D eigenvalue weighted by molar-refractivity contribution is -0.0511. The molecule has 0 aliphatic heterocycles. The number of hydrogen-bond donors (Lipinski definition) is 1. The molecule has 0 bridgehead atoms. The van der Waals surface area contributed by atoms with Gasteiger partial charge in [0.2, 0.25) is 0 Å². The van der Waals surface area contributed by atoms with E-state index in [-0.39, 0.29) is 17.2 Å². The van der Waals surface area contributed by atoms with Crippen molar-refractivity contribution in [3.63, 3.8) is 0 Å². The summed E-state index contributed by atoms with van der Waals surface area (Å²) in [5, 5.41) is 2.64. The molecule has 0 saturated carbocycles. The molecular weight excluding hydrogens is 372 g/mol. The highest BCUT2D eigenvalue weighted by Crippen LogP contribution is 2.34. The summed E-state index contributed by atoms with van der Waals surface area (Å²) in [7, 11) is 4.30. The Labute approximate surface area is 161 Å². The van der Waals surface area contributed by atoms with Crippen LogP contribution in [-0.2, 0) is 6.42 Å². The first-order valence-corrected chi connectivity index (χ1v) is 8.23. The molecule has 0 saturated heterocycles. The molecule has 8 heteroatoms. The van der Waals surface area contributed by atoms with E-state index < -0.39 is 12.5 Å². The van der Waals surface area contributed by atoms with Crippen molar-refractivity contribution in [1.82, 2.24) is 0 Å². The highest BCUT2D eigenvalue weighted by Gasteiger charge is 2.17. The molecule has 28 heavy (non-hydrogen) atoms. The Morgan fingerprint density at radius 1 is 1.07 bits per heavy atom. The Morgan fingerprint density at radius 2 is 1.79 bits per heavy atom. The van der Waals surface area contributed by atoms with Crippen molar-refractivity contribution < 1.29 is 32.5 Å².